The highest BCUT2D eigenvalue weighted by molar-refractivity contribution is 5.55. The molecule has 1 N–H and O–H groups in total. The van der Waals surface area contributed by atoms with Gasteiger partial charge >= 0.3 is 27.2 Å². The largest absolute Gasteiger partial charge is 0.593 e. The molecule has 7 heavy (non-hydrogen) atoms. The zero-order valence-electron chi connectivity index (χ0n) is 2.96. The van der Waals surface area contributed by atoms with Gasteiger partial charge in [-0.1, -0.05) is 3.07 Å². The van der Waals surface area contributed by atoms with Gasteiger partial charge in [-0.3, -0.25) is 0 Å². The molecule has 0 unspecified atom stereocenters. The summed E-state index contributed by atoms with van der Waals surface area (Å²) >= 11 is -3.97. The van der Waals surface area contributed by atoms with E-state index in [0.717, 1.165) is 0 Å². The molecule has 0 aromatic rings. The molecule has 0 saturated carbocycles. The Morgan fingerprint density at radius 1 is 1.71 bits per heavy atom. The van der Waals surface area contributed by atoms with E-state index in [2.05, 4.69) is 3.07 Å². The second-order valence-corrected chi connectivity index (χ2v) is 2.05. The summed E-state index contributed by atoms with van der Waals surface area (Å²) in [6.07, 6.45) is -1.77. The lowest BCUT2D eigenvalue weighted by molar-refractivity contribution is -1.62. The number of rotatable bonds is 1. The Hall–Kier alpha value is -0.0800. The van der Waals surface area contributed by atoms with Crippen LogP contribution in [0.15, 0.2) is 0 Å². The van der Waals surface area contributed by atoms with Crippen LogP contribution in [-0.4, -0.2) is 11.3 Å². The van der Waals surface area contributed by atoms with Crippen LogP contribution >= 0.6 is 0 Å². The zero-order valence-corrected chi connectivity index (χ0v) is 5.12. The Bertz CT molecular complexity index is 68.5. The van der Waals surface area contributed by atoms with E-state index in [1.54, 1.807) is 0 Å². The van der Waals surface area contributed by atoms with Crippen molar-refractivity contribution in [2.45, 2.75) is 0 Å². The summed E-state index contributed by atoms with van der Waals surface area (Å²) in [6, 6.07) is 0. The maximum absolute atomic E-state index is 9.34. The van der Waals surface area contributed by atoms with Gasteiger partial charge in [0.1, 0.15) is 0 Å². The minimum atomic E-state index is -3.97. The second-order valence-electron chi connectivity index (χ2n) is 0.532. The molecule has 0 fully saturated rings. The van der Waals surface area contributed by atoms with Crippen LogP contribution in [0.1, 0.15) is 0 Å². The normalized spacial score (nSPS) is 9.00. The number of hydrogen-bond acceptors (Lipinski definition) is 4. The summed E-state index contributed by atoms with van der Waals surface area (Å²) in [5.74, 6) is 0. The van der Waals surface area contributed by atoms with E-state index in [0.29, 0.717) is 0 Å². The van der Waals surface area contributed by atoms with E-state index >= 15 is 0 Å². The molecule has 0 radical (unpaired) electrons. The third-order valence-electron chi connectivity index (χ3n) is 0.129. The molecule has 42 valence electrons. The lowest BCUT2D eigenvalue weighted by Gasteiger charge is -1.81. The van der Waals surface area contributed by atoms with Gasteiger partial charge in [0.05, 0.1) is 0 Å². The fourth-order valence-electron chi connectivity index (χ4n) is 0.0539. The molecule has 0 saturated heterocycles. The molecule has 0 rings (SSSR count). The summed E-state index contributed by atoms with van der Waals surface area (Å²) in [6.45, 7) is 0. The first-order valence-corrected chi connectivity index (χ1v) is 3.74. The maximum atomic E-state index is 9.34. The molecule has 0 atom stereocenters. The number of carbonyl (C=O) groups is 1. The van der Waals surface area contributed by atoms with E-state index in [1.807, 2.05) is 0 Å². The molecule has 0 heterocycles. The average molecular weight is 220 g/mol. The maximum Gasteiger partial charge on any atom is 0.593 e. The Morgan fingerprint density at radius 3 is 2.14 bits per heavy atom. The topological polar surface area (TPSA) is 92.7 Å². The quantitative estimate of drug-likeness (QED) is 0.445. The minimum Gasteiger partial charge on any atom is -0.444 e. The summed E-state index contributed by atoms with van der Waals surface area (Å²) in [7, 11) is 0. The Morgan fingerprint density at radius 2 is 2.14 bits per heavy atom. The Kier molecular flexibility index (Phi) is 2.96. The van der Waals surface area contributed by atoms with Crippen LogP contribution in [0.4, 0.5) is 4.79 Å². The highest BCUT2D eigenvalue weighted by Crippen LogP contribution is 1.52. The molecule has 0 aliphatic heterocycles. The van der Waals surface area contributed by atoms with Crippen molar-refractivity contribution in [1.82, 2.24) is 0 Å². The van der Waals surface area contributed by atoms with Crippen molar-refractivity contribution in [3.63, 3.8) is 0 Å². The Labute approximate surface area is 47.6 Å². The van der Waals surface area contributed by atoms with E-state index in [4.69, 9.17) is 5.11 Å². The molecule has 0 amide bonds. The third kappa shape index (κ3) is 5.92. The predicted molar refractivity (Wildman–Crippen MR) is 9.11 cm³/mol. The molecule has 0 bridgehead atoms. The van der Waals surface area contributed by atoms with Gasteiger partial charge in [-0.05, 0) is 0 Å². The average Bonchev–Trinajstić information content (AvgIpc) is 1.27. The van der Waals surface area contributed by atoms with Crippen LogP contribution in [-0.2, 0) is 3.07 Å². The van der Waals surface area contributed by atoms with Gasteiger partial charge in [-0.2, -0.15) is 4.79 Å². The first-order valence-electron chi connectivity index (χ1n) is 1.09. The van der Waals surface area contributed by atoms with E-state index in [-0.39, 0.29) is 0 Å². The highest BCUT2D eigenvalue weighted by atomic mass is 127. The fourth-order valence-corrected chi connectivity index (χ4v) is 0.361. The van der Waals surface area contributed by atoms with E-state index < -0.39 is 27.2 Å². The van der Waals surface area contributed by atoms with Gasteiger partial charge in [0.15, 0.2) is 0 Å². The molecule has 0 aliphatic rings. The van der Waals surface area contributed by atoms with Crippen molar-refractivity contribution in [2.75, 3.05) is 0 Å². The lowest BCUT2D eigenvalue weighted by Crippen LogP contribution is -3.99. The molecule has 0 spiro atoms. The van der Waals surface area contributed by atoms with Crippen LogP contribution in [0.3, 0.4) is 0 Å². The van der Waals surface area contributed by atoms with Gasteiger partial charge in [0, 0.05) is 0 Å². The van der Waals surface area contributed by atoms with Crippen molar-refractivity contribution in [3.05, 3.63) is 0 Å². The highest BCUT2D eigenvalue weighted by Gasteiger charge is 2.18. The minimum absolute atomic E-state index is 1.77. The van der Waals surface area contributed by atoms with Crippen molar-refractivity contribution < 1.29 is 40.9 Å². The zero-order chi connectivity index (χ0) is 5.86. The van der Waals surface area contributed by atoms with Crippen LogP contribution < -0.4 is 27.9 Å². The van der Waals surface area contributed by atoms with Crippen molar-refractivity contribution in [3.8, 4) is 0 Å². The van der Waals surface area contributed by atoms with Gasteiger partial charge < -0.3 is 12.0 Å². The molecule has 6 heteroatoms. The first kappa shape index (κ1) is 6.92. The molecule has 0 aliphatic carbocycles. The SMILES string of the molecule is O=C(O)O[I+2]([O-])[O-]. The summed E-state index contributed by atoms with van der Waals surface area (Å²) in [4.78, 5) is 9.23. The summed E-state index contributed by atoms with van der Waals surface area (Å²) in [5.41, 5.74) is 0. The Balaban J connectivity index is 3.13. The van der Waals surface area contributed by atoms with Gasteiger partial charge in [0.2, 0.25) is 0 Å². The lowest BCUT2D eigenvalue weighted by atomic mass is 11.5. The molecular formula is CHIO5. The molecular weight excluding hydrogens is 219 g/mol. The molecule has 0 aromatic carbocycles. The predicted octanol–water partition coefficient (Wildman–Crippen LogP) is -5.23. The standard InChI is InChI=1S/CHIO5/c3-1(4)7-2(5)6/h(H,3,4). The van der Waals surface area contributed by atoms with E-state index in [1.165, 1.54) is 0 Å². The number of hydrogen-bond donors (Lipinski definition) is 1. The molecule has 0 aromatic heterocycles. The monoisotopic (exact) mass is 220 g/mol. The van der Waals surface area contributed by atoms with Crippen LogP contribution in [0.25, 0.3) is 0 Å². The summed E-state index contributed by atoms with van der Waals surface area (Å²) in [5, 5.41) is 7.50. The van der Waals surface area contributed by atoms with Crippen molar-refractivity contribution >= 4 is 6.16 Å². The third-order valence-corrected chi connectivity index (χ3v) is 0.865. The van der Waals surface area contributed by atoms with Crippen LogP contribution in [0.2, 0.25) is 0 Å². The van der Waals surface area contributed by atoms with Crippen molar-refractivity contribution in [1.29, 1.82) is 0 Å². The summed E-state index contributed by atoms with van der Waals surface area (Å²) < 4.78 is 21.9. The van der Waals surface area contributed by atoms with Crippen molar-refractivity contribution in [2.24, 2.45) is 0 Å². The number of halogens is 1. The van der Waals surface area contributed by atoms with Crippen LogP contribution in [0.5, 0.6) is 0 Å². The smallest absolute Gasteiger partial charge is 0.444 e. The molecule has 5 nitrogen and oxygen atoms in total. The van der Waals surface area contributed by atoms with E-state index in [9.17, 15) is 11.7 Å². The van der Waals surface area contributed by atoms with Gasteiger partial charge in [-0.15, -0.1) is 0 Å². The first-order chi connectivity index (χ1) is 3.13. The fraction of sp³-hybridized carbons (Fsp3) is 0. The van der Waals surface area contributed by atoms with Gasteiger partial charge in [-0.25, -0.2) is 0 Å². The van der Waals surface area contributed by atoms with Crippen LogP contribution in [0, 0.1) is 0 Å². The second kappa shape index (κ2) is 2.99. The number of carboxylic acid groups (broad SMARTS) is 1. The van der Waals surface area contributed by atoms with Gasteiger partial charge in [0.25, 0.3) is 0 Å².